The number of hydrogen-bond donors (Lipinski definition) is 2. The number of ether oxygens (including phenoxy) is 2. The minimum atomic E-state index is -0.695. The summed E-state index contributed by atoms with van der Waals surface area (Å²) in [5, 5.41) is 10.1. The van der Waals surface area contributed by atoms with Gasteiger partial charge in [0.2, 0.25) is 0 Å². The fourth-order valence-corrected chi connectivity index (χ4v) is 1.84. The van der Waals surface area contributed by atoms with E-state index in [1.165, 1.54) is 0 Å². The van der Waals surface area contributed by atoms with Gasteiger partial charge in [-0.2, -0.15) is 0 Å². The molecule has 2 rings (SSSR count). The number of benzene rings is 2. The van der Waals surface area contributed by atoms with Crippen LogP contribution in [0.4, 0.5) is 0 Å². The smallest absolute Gasteiger partial charge is 0.119 e. The summed E-state index contributed by atoms with van der Waals surface area (Å²) in [5.41, 5.74) is 7.35. The Kier molecular flexibility index (Phi) is 4.98. The lowest BCUT2D eigenvalue weighted by molar-refractivity contribution is 0.108. The Bertz CT molecular complexity index is 540. The van der Waals surface area contributed by atoms with Gasteiger partial charge in [0.25, 0.3) is 0 Å². The average molecular weight is 273 g/mol. The van der Waals surface area contributed by atoms with Crippen molar-refractivity contribution in [2.75, 3.05) is 13.7 Å². The molecule has 0 aliphatic carbocycles. The highest BCUT2D eigenvalue weighted by Crippen LogP contribution is 2.20. The minimum absolute atomic E-state index is 0.190. The molecule has 4 nitrogen and oxygen atoms in total. The predicted molar refractivity (Wildman–Crippen MR) is 77.8 cm³/mol. The van der Waals surface area contributed by atoms with Crippen molar-refractivity contribution in [3.8, 4) is 11.5 Å². The van der Waals surface area contributed by atoms with Gasteiger partial charge in [-0.3, -0.25) is 0 Å². The van der Waals surface area contributed by atoms with Gasteiger partial charge in [0.05, 0.1) is 7.11 Å². The van der Waals surface area contributed by atoms with Crippen molar-refractivity contribution >= 4 is 0 Å². The van der Waals surface area contributed by atoms with E-state index in [4.69, 9.17) is 15.2 Å². The quantitative estimate of drug-likeness (QED) is 0.847. The molecule has 0 aliphatic rings. The van der Waals surface area contributed by atoms with Crippen molar-refractivity contribution in [1.82, 2.24) is 0 Å². The molecule has 4 heteroatoms. The van der Waals surface area contributed by atoms with E-state index in [0.29, 0.717) is 18.0 Å². The van der Waals surface area contributed by atoms with Gasteiger partial charge in [0, 0.05) is 6.54 Å². The lowest BCUT2D eigenvalue weighted by Crippen LogP contribution is -2.09. The van der Waals surface area contributed by atoms with Crippen LogP contribution < -0.4 is 15.2 Å². The van der Waals surface area contributed by atoms with Crippen LogP contribution >= 0.6 is 0 Å². The van der Waals surface area contributed by atoms with E-state index in [0.717, 1.165) is 11.1 Å². The fourth-order valence-electron chi connectivity index (χ4n) is 1.84. The summed E-state index contributed by atoms with van der Waals surface area (Å²) in [6.45, 7) is 0.696. The lowest BCUT2D eigenvalue weighted by atomic mass is 10.1. The maximum atomic E-state index is 10.1. The lowest BCUT2D eigenvalue weighted by Gasteiger charge is -2.13. The second-order valence-corrected chi connectivity index (χ2v) is 4.45. The van der Waals surface area contributed by atoms with Gasteiger partial charge in [-0.1, -0.05) is 24.3 Å². The number of nitrogens with two attached hydrogens (primary N) is 1. The van der Waals surface area contributed by atoms with Crippen LogP contribution in [0.25, 0.3) is 0 Å². The van der Waals surface area contributed by atoms with E-state index in [-0.39, 0.29) is 6.61 Å². The maximum Gasteiger partial charge on any atom is 0.119 e. The molecular formula is C16H19NO3. The highest BCUT2D eigenvalue weighted by atomic mass is 16.5. The first-order chi connectivity index (χ1) is 9.72. The van der Waals surface area contributed by atoms with E-state index in [2.05, 4.69) is 0 Å². The highest BCUT2D eigenvalue weighted by molar-refractivity contribution is 5.30. The standard InChI is InChI=1S/C16H19NO3/c1-19-15-4-2-3-13(9-15)16(18)11-20-14-7-5-12(10-17)6-8-14/h2-9,16,18H,10-11,17H2,1H3. The monoisotopic (exact) mass is 273 g/mol. The molecule has 3 N–H and O–H groups in total. The molecule has 0 aromatic heterocycles. The molecule has 0 saturated heterocycles. The van der Waals surface area contributed by atoms with E-state index in [1.807, 2.05) is 42.5 Å². The number of methoxy groups -OCH3 is 1. The van der Waals surface area contributed by atoms with E-state index in [1.54, 1.807) is 13.2 Å². The molecule has 0 aliphatic heterocycles. The van der Waals surface area contributed by atoms with Gasteiger partial charge in [-0.05, 0) is 35.4 Å². The van der Waals surface area contributed by atoms with Crippen molar-refractivity contribution in [3.05, 3.63) is 59.7 Å². The Morgan fingerprint density at radius 3 is 2.50 bits per heavy atom. The summed E-state index contributed by atoms with van der Waals surface area (Å²) < 4.78 is 10.7. The maximum absolute atomic E-state index is 10.1. The van der Waals surface area contributed by atoms with Crippen molar-refractivity contribution in [1.29, 1.82) is 0 Å². The summed E-state index contributed by atoms with van der Waals surface area (Å²) in [6, 6.07) is 14.8. The van der Waals surface area contributed by atoms with Crippen molar-refractivity contribution in [2.45, 2.75) is 12.6 Å². The second kappa shape index (κ2) is 6.93. The fraction of sp³-hybridized carbons (Fsp3) is 0.250. The van der Waals surface area contributed by atoms with E-state index in [9.17, 15) is 5.11 Å². The second-order valence-electron chi connectivity index (χ2n) is 4.45. The van der Waals surface area contributed by atoms with Crippen molar-refractivity contribution in [2.24, 2.45) is 5.73 Å². The van der Waals surface area contributed by atoms with Crippen molar-refractivity contribution < 1.29 is 14.6 Å². The van der Waals surface area contributed by atoms with Crippen LogP contribution in [-0.4, -0.2) is 18.8 Å². The predicted octanol–water partition coefficient (Wildman–Crippen LogP) is 2.27. The number of rotatable bonds is 6. The summed E-state index contributed by atoms with van der Waals surface area (Å²) >= 11 is 0. The van der Waals surface area contributed by atoms with Gasteiger partial charge in [0.1, 0.15) is 24.2 Å². The van der Waals surface area contributed by atoms with Gasteiger partial charge in [-0.25, -0.2) is 0 Å². The largest absolute Gasteiger partial charge is 0.497 e. The van der Waals surface area contributed by atoms with Gasteiger partial charge >= 0.3 is 0 Å². The first-order valence-electron chi connectivity index (χ1n) is 6.46. The molecule has 1 unspecified atom stereocenters. The van der Waals surface area contributed by atoms with Gasteiger partial charge in [-0.15, -0.1) is 0 Å². The zero-order chi connectivity index (χ0) is 14.4. The Morgan fingerprint density at radius 2 is 1.85 bits per heavy atom. The third-order valence-corrected chi connectivity index (χ3v) is 3.05. The average Bonchev–Trinajstić information content (AvgIpc) is 2.53. The van der Waals surface area contributed by atoms with Crippen LogP contribution in [0.5, 0.6) is 11.5 Å². The molecule has 0 spiro atoms. The molecule has 0 saturated carbocycles. The van der Waals surface area contributed by atoms with Crippen LogP contribution in [0, 0.1) is 0 Å². The first kappa shape index (κ1) is 14.4. The van der Waals surface area contributed by atoms with E-state index >= 15 is 0 Å². The number of aliphatic hydroxyl groups is 1. The third-order valence-electron chi connectivity index (χ3n) is 3.05. The topological polar surface area (TPSA) is 64.7 Å². The van der Waals surface area contributed by atoms with Crippen LogP contribution in [0.2, 0.25) is 0 Å². The molecule has 1 atom stereocenters. The Morgan fingerprint density at radius 1 is 1.10 bits per heavy atom. The normalized spacial score (nSPS) is 11.9. The molecule has 0 fully saturated rings. The molecule has 0 heterocycles. The summed E-state index contributed by atoms with van der Waals surface area (Å²) in [6.07, 6.45) is -0.695. The molecule has 106 valence electrons. The number of aliphatic hydroxyl groups excluding tert-OH is 1. The summed E-state index contributed by atoms with van der Waals surface area (Å²) in [7, 11) is 1.60. The zero-order valence-electron chi connectivity index (χ0n) is 11.5. The van der Waals surface area contributed by atoms with Crippen LogP contribution in [0.15, 0.2) is 48.5 Å². The Hall–Kier alpha value is -2.04. The summed E-state index contributed by atoms with van der Waals surface area (Å²) in [5.74, 6) is 1.43. The molecule has 20 heavy (non-hydrogen) atoms. The summed E-state index contributed by atoms with van der Waals surface area (Å²) in [4.78, 5) is 0. The SMILES string of the molecule is COc1cccc(C(O)COc2ccc(CN)cc2)c1. The molecule has 2 aromatic rings. The number of hydrogen-bond acceptors (Lipinski definition) is 4. The molecule has 0 radical (unpaired) electrons. The van der Waals surface area contributed by atoms with Crippen LogP contribution in [0.3, 0.4) is 0 Å². The Balaban J connectivity index is 1.95. The van der Waals surface area contributed by atoms with Gasteiger partial charge in [0.15, 0.2) is 0 Å². The highest BCUT2D eigenvalue weighted by Gasteiger charge is 2.09. The molecule has 2 aromatic carbocycles. The molecule has 0 amide bonds. The first-order valence-corrected chi connectivity index (χ1v) is 6.46. The van der Waals surface area contributed by atoms with Gasteiger partial charge < -0.3 is 20.3 Å². The van der Waals surface area contributed by atoms with Crippen LogP contribution in [0.1, 0.15) is 17.2 Å². The van der Waals surface area contributed by atoms with Crippen LogP contribution in [-0.2, 0) is 6.54 Å². The molecular weight excluding hydrogens is 254 g/mol. The third kappa shape index (κ3) is 3.73. The zero-order valence-corrected chi connectivity index (χ0v) is 11.5. The Labute approximate surface area is 118 Å². The van der Waals surface area contributed by atoms with Crippen molar-refractivity contribution in [3.63, 3.8) is 0 Å². The minimum Gasteiger partial charge on any atom is -0.497 e. The molecule has 0 bridgehead atoms. The van der Waals surface area contributed by atoms with E-state index < -0.39 is 6.10 Å².